The number of rotatable bonds is 4. The summed E-state index contributed by atoms with van der Waals surface area (Å²) < 4.78 is 0. The standard InChI is InChI=1S/C15H19NOS/c1-10-5-4-6-13(15(10)17)9-16-12(3)14-8-7-11(2)18-14/h4-8,12,16-17H,9H2,1-3H3. The van der Waals surface area contributed by atoms with E-state index in [4.69, 9.17) is 0 Å². The van der Waals surface area contributed by atoms with Crippen molar-refractivity contribution in [2.24, 2.45) is 0 Å². The number of phenols is 1. The Morgan fingerprint density at radius 1 is 1.22 bits per heavy atom. The van der Waals surface area contributed by atoms with Crippen LogP contribution in [0.3, 0.4) is 0 Å². The molecular weight excluding hydrogens is 242 g/mol. The molecule has 0 aliphatic heterocycles. The molecule has 1 atom stereocenters. The van der Waals surface area contributed by atoms with E-state index in [1.54, 1.807) is 0 Å². The van der Waals surface area contributed by atoms with Gasteiger partial charge in [-0.2, -0.15) is 0 Å². The van der Waals surface area contributed by atoms with Gasteiger partial charge < -0.3 is 10.4 Å². The van der Waals surface area contributed by atoms with Gasteiger partial charge in [-0.15, -0.1) is 11.3 Å². The molecule has 2 rings (SSSR count). The van der Waals surface area contributed by atoms with E-state index in [-0.39, 0.29) is 0 Å². The van der Waals surface area contributed by atoms with Crippen LogP contribution in [0, 0.1) is 13.8 Å². The SMILES string of the molecule is Cc1ccc(C(C)NCc2cccc(C)c2O)s1. The molecule has 3 heteroatoms. The fourth-order valence-electron chi connectivity index (χ4n) is 1.91. The molecule has 1 unspecified atom stereocenters. The summed E-state index contributed by atoms with van der Waals surface area (Å²) in [6, 6.07) is 10.5. The number of nitrogens with one attached hydrogen (secondary N) is 1. The van der Waals surface area contributed by atoms with Crippen molar-refractivity contribution < 1.29 is 5.11 Å². The molecule has 0 fully saturated rings. The summed E-state index contributed by atoms with van der Waals surface area (Å²) in [7, 11) is 0. The summed E-state index contributed by atoms with van der Waals surface area (Å²) in [5.41, 5.74) is 1.88. The normalized spacial score (nSPS) is 12.6. The van der Waals surface area contributed by atoms with Crippen LogP contribution < -0.4 is 5.32 Å². The Balaban J connectivity index is 2.01. The Bertz CT molecular complexity index is 533. The summed E-state index contributed by atoms with van der Waals surface area (Å²) in [4.78, 5) is 2.66. The molecule has 0 bridgehead atoms. The van der Waals surface area contributed by atoms with E-state index >= 15 is 0 Å². The molecular formula is C15H19NOS. The highest BCUT2D eigenvalue weighted by atomic mass is 32.1. The molecule has 0 radical (unpaired) electrons. The predicted molar refractivity (Wildman–Crippen MR) is 77.2 cm³/mol. The van der Waals surface area contributed by atoms with Gasteiger partial charge in [0.25, 0.3) is 0 Å². The summed E-state index contributed by atoms with van der Waals surface area (Å²) in [5, 5.41) is 13.4. The molecule has 0 amide bonds. The lowest BCUT2D eigenvalue weighted by molar-refractivity contribution is 0.457. The first kappa shape index (κ1) is 13.1. The number of hydrogen-bond acceptors (Lipinski definition) is 3. The molecule has 0 aliphatic rings. The first-order valence-corrected chi connectivity index (χ1v) is 6.96. The summed E-state index contributed by atoms with van der Waals surface area (Å²) in [6.07, 6.45) is 0. The van der Waals surface area contributed by atoms with E-state index in [9.17, 15) is 5.11 Å². The van der Waals surface area contributed by atoms with E-state index in [0.29, 0.717) is 18.3 Å². The van der Waals surface area contributed by atoms with Crippen LogP contribution in [-0.2, 0) is 6.54 Å². The predicted octanol–water partition coefficient (Wildman–Crippen LogP) is 3.92. The Morgan fingerprint density at radius 2 is 2.00 bits per heavy atom. The van der Waals surface area contributed by atoms with Crippen LogP contribution in [0.2, 0.25) is 0 Å². The summed E-state index contributed by atoms with van der Waals surface area (Å²) in [6.45, 7) is 6.88. The van der Waals surface area contributed by atoms with Crippen molar-refractivity contribution in [1.82, 2.24) is 5.32 Å². The number of benzene rings is 1. The molecule has 96 valence electrons. The van der Waals surface area contributed by atoms with Gasteiger partial charge >= 0.3 is 0 Å². The first-order valence-electron chi connectivity index (χ1n) is 6.15. The molecule has 0 spiro atoms. The molecule has 1 aromatic carbocycles. The van der Waals surface area contributed by atoms with Crippen molar-refractivity contribution >= 4 is 11.3 Å². The number of hydrogen-bond donors (Lipinski definition) is 2. The minimum Gasteiger partial charge on any atom is -0.507 e. The van der Waals surface area contributed by atoms with Gasteiger partial charge in [-0.05, 0) is 38.5 Å². The maximum atomic E-state index is 9.95. The van der Waals surface area contributed by atoms with Gasteiger partial charge in [0, 0.05) is 27.9 Å². The van der Waals surface area contributed by atoms with Crippen LogP contribution in [0.1, 0.15) is 33.8 Å². The number of para-hydroxylation sites is 1. The van der Waals surface area contributed by atoms with Crippen molar-refractivity contribution in [3.8, 4) is 5.75 Å². The molecule has 1 heterocycles. The highest BCUT2D eigenvalue weighted by Gasteiger charge is 2.09. The maximum absolute atomic E-state index is 9.95. The molecule has 0 saturated carbocycles. The number of thiophene rings is 1. The van der Waals surface area contributed by atoms with E-state index in [1.165, 1.54) is 9.75 Å². The number of aryl methyl sites for hydroxylation is 2. The Kier molecular flexibility index (Phi) is 4.04. The zero-order chi connectivity index (χ0) is 13.1. The van der Waals surface area contributed by atoms with Gasteiger partial charge in [-0.3, -0.25) is 0 Å². The second-order valence-corrected chi connectivity index (χ2v) is 5.95. The topological polar surface area (TPSA) is 32.3 Å². The van der Waals surface area contributed by atoms with Crippen LogP contribution in [0.4, 0.5) is 0 Å². The van der Waals surface area contributed by atoms with Crippen LogP contribution >= 0.6 is 11.3 Å². The van der Waals surface area contributed by atoms with Crippen LogP contribution in [0.15, 0.2) is 30.3 Å². The second-order valence-electron chi connectivity index (χ2n) is 4.63. The lowest BCUT2D eigenvalue weighted by Crippen LogP contribution is -2.17. The monoisotopic (exact) mass is 261 g/mol. The van der Waals surface area contributed by atoms with Gasteiger partial charge in [0.15, 0.2) is 0 Å². The highest BCUT2D eigenvalue weighted by molar-refractivity contribution is 7.12. The second kappa shape index (κ2) is 5.55. The summed E-state index contributed by atoms with van der Waals surface area (Å²) in [5.74, 6) is 0.402. The quantitative estimate of drug-likeness (QED) is 0.874. The fraction of sp³-hybridized carbons (Fsp3) is 0.333. The number of phenolic OH excluding ortho intramolecular Hbond substituents is 1. The molecule has 18 heavy (non-hydrogen) atoms. The van der Waals surface area contributed by atoms with E-state index in [2.05, 4.69) is 31.3 Å². The van der Waals surface area contributed by atoms with Crippen LogP contribution in [-0.4, -0.2) is 5.11 Å². The smallest absolute Gasteiger partial charge is 0.122 e. The zero-order valence-electron chi connectivity index (χ0n) is 11.0. The largest absolute Gasteiger partial charge is 0.507 e. The van der Waals surface area contributed by atoms with Gasteiger partial charge in [-0.25, -0.2) is 0 Å². The van der Waals surface area contributed by atoms with E-state index in [0.717, 1.165) is 11.1 Å². The van der Waals surface area contributed by atoms with Gasteiger partial charge in [0.1, 0.15) is 5.75 Å². The molecule has 2 N–H and O–H groups in total. The average Bonchev–Trinajstić information content (AvgIpc) is 2.77. The molecule has 0 saturated heterocycles. The van der Waals surface area contributed by atoms with Crippen molar-refractivity contribution in [3.63, 3.8) is 0 Å². The van der Waals surface area contributed by atoms with Gasteiger partial charge in [0.2, 0.25) is 0 Å². The van der Waals surface area contributed by atoms with Gasteiger partial charge in [0.05, 0.1) is 0 Å². The van der Waals surface area contributed by atoms with Gasteiger partial charge in [-0.1, -0.05) is 18.2 Å². The molecule has 1 aromatic heterocycles. The fourth-order valence-corrected chi connectivity index (χ4v) is 2.82. The lowest BCUT2D eigenvalue weighted by atomic mass is 10.1. The lowest BCUT2D eigenvalue weighted by Gasteiger charge is -2.13. The van der Waals surface area contributed by atoms with Crippen molar-refractivity contribution in [3.05, 3.63) is 51.2 Å². The van der Waals surface area contributed by atoms with Crippen LogP contribution in [0.5, 0.6) is 5.75 Å². The third-order valence-corrected chi connectivity index (χ3v) is 4.29. The zero-order valence-corrected chi connectivity index (χ0v) is 11.8. The highest BCUT2D eigenvalue weighted by Crippen LogP contribution is 2.25. The Morgan fingerprint density at radius 3 is 2.67 bits per heavy atom. The minimum atomic E-state index is 0.309. The minimum absolute atomic E-state index is 0.309. The van der Waals surface area contributed by atoms with Crippen molar-refractivity contribution in [2.75, 3.05) is 0 Å². The Labute approximate surface area is 112 Å². The molecule has 2 nitrogen and oxygen atoms in total. The third kappa shape index (κ3) is 2.92. The van der Waals surface area contributed by atoms with E-state index < -0.39 is 0 Å². The molecule has 0 aliphatic carbocycles. The van der Waals surface area contributed by atoms with Crippen molar-refractivity contribution in [2.45, 2.75) is 33.4 Å². The summed E-state index contributed by atoms with van der Waals surface area (Å²) >= 11 is 1.81. The van der Waals surface area contributed by atoms with Crippen molar-refractivity contribution in [1.29, 1.82) is 0 Å². The van der Waals surface area contributed by atoms with Crippen LogP contribution in [0.25, 0.3) is 0 Å². The first-order chi connectivity index (χ1) is 8.58. The Hall–Kier alpha value is -1.32. The van der Waals surface area contributed by atoms with E-state index in [1.807, 2.05) is 36.5 Å². The molecule has 2 aromatic rings. The third-order valence-electron chi connectivity index (χ3n) is 3.11. The maximum Gasteiger partial charge on any atom is 0.122 e. The average molecular weight is 261 g/mol. The number of aromatic hydroxyl groups is 1.